The molecule has 0 saturated heterocycles. The van der Waals surface area contributed by atoms with Crippen LogP contribution in [0.2, 0.25) is 0 Å². The topological polar surface area (TPSA) is 142 Å². The van der Waals surface area contributed by atoms with Gasteiger partial charge in [-0.3, -0.25) is 20.2 Å². The van der Waals surface area contributed by atoms with Gasteiger partial charge in [-0.05, 0) is 62.5 Å². The van der Waals surface area contributed by atoms with Gasteiger partial charge in [-0.2, -0.15) is 5.90 Å². The third kappa shape index (κ3) is 5.15. The minimum atomic E-state index is -0.810. The number of halogens is 2. The quantitative estimate of drug-likeness (QED) is 0.516. The Kier molecular flexibility index (Phi) is 7.07. The molecule has 0 aromatic heterocycles. The van der Waals surface area contributed by atoms with Gasteiger partial charge >= 0.3 is 5.69 Å². The average molecular weight is 465 g/mol. The predicted molar refractivity (Wildman–Crippen MR) is 92.8 cm³/mol. The predicted octanol–water partition coefficient (Wildman–Crippen LogP) is 3.98. The minimum absolute atomic E-state index is 0.222. The maximum Gasteiger partial charge on any atom is 0.320 e. The van der Waals surface area contributed by atoms with Gasteiger partial charge in [0.05, 0.1) is 24.9 Å². The summed E-state index contributed by atoms with van der Waals surface area (Å²) in [7, 11) is 0. The van der Waals surface area contributed by atoms with Gasteiger partial charge in [0.2, 0.25) is 5.75 Å². The summed E-state index contributed by atoms with van der Waals surface area (Å²) in [6, 6.07) is 6.63. The van der Waals surface area contributed by atoms with Crippen LogP contribution in [0.25, 0.3) is 0 Å². The number of nitro benzene ring substituents is 2. The van der Waals surface area contributed by atoms with Gasteiger partial charge in [0, 0.05) is 6.07 Å². The molecular formula is C13H11Br2N3O6. The summed E-state index contributed by atoms with van der Waals surface area (Å²) in [5.74, 6) is 4.77. The molecule has 2 rings (SSSR count). The van der Waals surface area contributed by atoms with Crippen molar-refractivity contribution in [2.45, 2.75) is 6.92 Å². The molecule has 24 heavy (non-hydrogen) atoms. The van der Waals surface area contributed by atoms with Gasteiger partial charge in [0.25, 0.3) is 5.69 Å². The van der Waals surface area contributed by atoms with Gasteiger partial charge in [-0.1, -0.05) is 0 Å². The lowest BCUT2D eigenvalue weighted by atomic mass is 10.2. The Morgan fingerprint density at radius 2 is 1.62 bits per heavy atom. The Hall–Kier alpha value is -2.24. The number of nitrogens with two attached hydrogens (primary N) is 1. The second-order valence-electron chi connectivity index (χ2n) is 4.36. The van der Waals surface area contributed by atoms with E-state index in [0.717, 1.165) is 32.7 Å². The van der Waals surface area contributed by atoms with Crippen molar-refractivity contribution in [1.82, 2.24) is 0 Å². The molecule has 0 spiro atoms. The van der Waals surface area contributed by atoms with E-state index < -0.39 is 21.2 Å². The van der Waals surface area contributed by atoms with Crippen LogP contribution in [-0.4, -0.2) is 15.0 Å². The van der Waals surface area contributed by atoms with Crippen LogP contribution in [0.1, 0.15) is 5.56 Å². The van der Waals surface area contributed by atoms with Gasteiger partial charge in [-0.15, -0.1) is 0 Å². The maximum atomic E-state index is 10.4. The fourth-order valence-corrected chi connectivity index (χ4v) is 2.97. The normalized spacial score (nSPS) is 9.67. The van der Waals surface area contributed by atoms with Gasteiger partial charge in [0.1, 0.15) is 5.75 Å². The zero-order chi connectivity index (χ0) is 18.4. The number of hydrogen-bond acceptors (Lipinski definition) is 7. The highest BCUT2D eigenvalue weighted by molar-refractivity contribution is 9.11. The van der Waals surface area contributed by atoms with E-state index in [1.54, 1.807) is 0 Å². The maximum absolute atomic E-state index is 10.4. The molecule has 0 aliphatic rings. The molecular weight excluding hydrogens is 454 g/mol. The summed E-state index contributed by atoms with van der Waals surface area (Å²) in [6.45, 7) is 1.97. The van der Waals surface area contributed by atoms with E-state index >= 15 is 0 Å². The van der Waals surface area contributed by atoms with Crippen molar-refractivity contribution >= 4 is 43.2 Å². The third-order valence-corrected chi connectivity index (χ3v) is 3.85. The summed E-state index contributed by atoms with van der Waals surface area (Å²) in [6.07, 6.45) is 0. The molecule has 0 atom stereocenters. The number of aromatic hydroxyl groups is 1. The highest BCUT2D eigenvalue weighted by atomic mass is 79.9. The van der Waals surface area contributed by atoms with Crippen molar-refractivity contribution in [2.24, 2.45) is 5.90 Å². The average Bonchev–Trinajstić information content (AvgIpc) is 2.52. The molecule has 2 aromatic rings. The Balaban J connectivity index is 0.000000254. The molecule has 0 aliphatic carbocycles. The van der Waals surface area contributed by atoms with Crippen molar-refractivity contribution in [2.75, 3.05) is 0 Å². The number of hydrogen-bond donors (Lipinski definition) is 2. The minimum Gasteiger partial charge on any atom is -0.506 e. The fraction of sp³-hybridized carbons (Fsp3) is 0.0769. The zero-order valence-electron chi connectivity index (χ0n) is 12.1. The molecule has 3 N–H and O–H groups in total. The van der Waals surface area contributed by atoms with Crippen molar-refractivity contribution in [3.05, 3.63) is 65.1 Å². The summed E-state index contributed by atoms with van der Waals surface area (Å²) in [5, 5.41) is 29.9. The Labute approximate surface area is 152 Å². The number of nitrogens with zero attached hydrogens (tertiary/aromatic N) is 2. The van der Waals surface area contributed by atoms with Crippen molar-refractivity contribution in [3.63, 3.8) is 0 Å². The summed E-state index contributed by atoms with van der Waals surface area (Å²) >= 11 is 6.43. The van der Waals surface area contributed by atoms with Gasteiger partial charge in [0.15, 0.2) is 0 Å². The highest BCUT2D eigenvalue weighted by Crippen LogP contribution is 2.33. The SMILES string of the molecule is Cc1cc(Br)c(O)c(Br)c1.NOc1ccc([N+](=O)[O-])cc1[N+](=O)[O-]. The fourth-order valence-electron chi connectivity index (χ4n) is 1.55. The second-order valence-corrected chi connectivity index (χ2v) is 6.07. The van der Waals surface area contributed by atoms with Crippen LogP contribution in [-0.2, 0) is 0 Å². The molecule has 0 unspecified atom stereocenters. The molecule has 0 radical (unpaired) electrons. The van der Waals surface area contributed by atoms with E-state index in [2.05, 4.69) is 36.7 Å². The molecule has 0 fully saturated rings. The molecule has 9 nitrogen and oxygen atoms in total. The van der Waals surface area contributed by atoms with Crippen molar-refractivity contribution in [1.29, 1.82) is 0 Å². The Bertz CT molecular complexity index is 761. The summed E-state index contributed by atoms with van der Waals surface area (Å²) in [5.41, 5.74) is 0.177. The Morgan fingerprint density at radius 3 is 2.04 bits per heavy atom. The number of aryl methyl sites for hydroxylation is 1. The molecule has 128 valence electrons. The van der Waals surface area contributed by atoms with Crippen LogP contribution in [0.5, 0.6) is 11.5 Å². The molecule has 2 aromatic carbocycles. The van der Waals surface area contributed by atoms with Crippen molar-refractivity contribution < 1.29 is 19.8 Å². The number of phenols is 1. The first-order valence-corrected chi connectivity index (χ1v) is 7.70. The first-order chi connectivity index (χ1) is 11.2. The number of rotatable bonds is 3. The lowest BCUT2D eigenvalue weighted by Gasteiger charge is -2.00. The summed E-state index contributed by atoms with van der Waals surface area (Å²) in [4.78, 5) is 23.3. The summed E-state index contributed by atoms with van der Waals surface area (Å²) < 4.78 is 1.44. The van der Waals surface area contributed by atoms with E-state index in [0.29, 0.717) is 0 Å². The van der Waals surface area contributed by atoms with E-state index in [1.807, 2.05) is 19.1 Å². The molecule has 0 saturated carbocycles. The Morgan fingerprint density at radius 1 is 1.08 bits per heavy atom. The molecule has 0 aliphatic heterocycles. The zero-order valence-corrected chi connectivity index (χ0v) is 15.3. The van der Waals surface area contributed by atoms with Crippen LogP contribution in [0.15, 0.2) is 39.3 Å². The van der Waals surface area contributed by atoms with E-state index in [9.17, 15) is 25.3 Å². The van der Waals surface area contributed by atoms with Gasteiger partial charge < -0.3 is 9.94 Å². The number of phenolic OH excluding ortho intramolecular Hbond substituents is 1. The number of non-ortho nitro benzene ring substituents is 1. The monoisotopic (exact) mass is 463 g/mol. The molecule has 0 heterocycles. The number of benzene rings is 2. The largest absolute Gasteiger partial charge is 0.506 e. The molecule has 0 bridgehead atoms. The van der Waals surface area contributed by atoms with E-state index in [4.69, 9.17) is 5.90 Å². The molecule has 0 amide bonds. The first-order valence-electron chi connectivity index (χ1n) is 6.11. The van der Waals surface area contributed by atoms with Crippen LogP contribution in [0.3, 0.4) is 0 Å². The van der Waals surface area contributed by atoms with Crippen LogP contribution >= 0.6 is 31.9 Å². The second kappa shape index (κ2) is 8.57. The smallest absolute Gasteiger partial charge is 0.320 e. The van der Waals surface area contributed by atoms with E-state index in [1.165, 1.54) is 0 Å². The van der Waals surface area contributed by atoms with Crippen LogP contribution in [0, 0.1) is 27.2 Å². The third-order valence-electron chi connectivity index (χ3n) is 2.64. The number of nitro groups is 2. The van der Waals surface area contributed by atoms with Gasteiger partial charge in [-0.25, -0.2) is 0 Å². The lowest BCUT2D eigenvalue weighted by molar-refractivity contribution is -0.394. The first kappa shape index (κ1) is 19.8. The molecule has 11 heteroatoms. The van der Waals surface area contributed by atoms with E-state index in [-0.39, 0.29) is 11.5 Å². The lowest BCUT2D eigenvalue weighted by Crippen LogP contribution is -2.05. The van der Waals surface area contributed by atoms with Crippen LogP contribution in [0.4, 0.5) is 11.4 Å². The standard InChI is InChI=1S/C7H6Br2O.C6H5N3O5/c1-4-2-5(8)7(10)6(9)3-4;7-14-6-2-1-4(8(10)11)3-5(6)9(12)13/h2-3,10H,1H3;1-3H,7H2. The van der Waals surface area contributed by atoms with Crippen molar-refractivity contribution in [3.8, 4) is 11.5 Å². The van der Waals surface area contributed by atoms with Crippen LogP contribution < -0.4 is 10.7 Å². The highest BCUT2D eigenvalue weighted by Gasteiger charge is 2.20.